The monoisotopic (exact) mass is 1750 g/mol. The lowest BCUT2D eigenvalue weighted by molar-refractivity contribution is -0.149. The van der Waals surface area contributed by atoms with Crippen LogP contribution in [0.25, 0.3) is 0 Å². The normalized spacial score (nSPS) is 18.0. The molecule has 0 saturated carbocycles. The fraction of sp³-hybridized carbons (Fsp3) is 0.693. The molecule has 11 amide bonds. The summed E-state index contributed by atoms with van der Waals surface area (Å²) >= 11 is 0. The number of aliphatic hydroxyl groups excluding tert-OH is 6. The number of carbonyl (C=O) groups excluding carboxylic acids is 13. The number of aliphatic hydroxyl groups is 6. The third-order valence-corrected chi connectivity index (χ3v) is 23.0. The molecule has 1 fully saturated rings. The van der Waals surface area contributed by atoms with Gasteiger partial charge in [-0.15, -0.1) is 0 Å². The predicted molar refractivity (Wildman–Crippen MR) is 456 cm³/mol. The van der Waals surface area contributed by atoms with E-state index in [0.29, 0.717) is 30.5 Å². The molecule has 36 nitrogen and oxygen atoms in total. The summed E-state index contributed by atoms with van der Waals surface area (Å²) < 4.78 is 40.0. The highest BCUT2D eigenvalue weighted by Crippen LogP contribution is 2.35. The van der Waals surface area contributed by atoms with Gasteiger partial charge in [0.1, 0.15) is 30.7 Å². The number of hydrogen-bond donors (Lipinski definition) is 12. The van der Waals surface area contributed by atoms with Crippen molar-refractivity contribution in [1.82, 2.24) is 40.9 Å². The predicted octanol–water partition coefficient (Wildman–Crippen LogP) is 3.31. The number of benzene rings is 2. The maximum absolute atomic E-state index is 15.0. The number of anilines is 1. The van der Waals surface area contributed by atoms with E-state index in [1.807, 2.05) is 52.8 Å². The summed E-state index contributed by atoms with van der Waals surface area (Å²) in [4.78, 5) is 183. The molecule has 2 heterocycles. The lowest BCUT2D eigenvalue weighted by Gasteiger charge is -2.41. The second kappa shape index (κ2) is 55.6. The van der Waals surface area contributed by atoms with Gasteiger partial charge in [-0.25, -0.2) is 9.59 Å². The fourth-order valence-electron chi connectivity index (χ4n) is 15.4. The smallest absolute Gasteiger partial charge is 0.410 e. The van der Waals surface area contributed by atoms with E-state index in [0.717, 1.165) is 4.90 Å². The Hall–Kier alpha value is -8.79. The van der Waals surface area contributed by atoms with Crippen molar-refractivity contribution in [2.24, 2.45) is 59.0 Å². The van der Waals surface area contributed by atoms with Crippen LogP contribution < -0.4 is 32.3 Å². The fourth-order valence-corrected chi connectivity index (χ4v) is 15.4. The molecule has 0 spiro atoms. The Morgan fingerprint density at radius 2 is 1.22 bits per heavy atom. The van der Waals surface area contributed by atoms with Crippen molar-refractivity contribution in [2.75, 3.05) is 119 Å². The summed E-state index contributed by atoms with van der Waals surface area (Å²) in [5.74, 6) is -10.8. The van der Waals surface area contributed by atoms with E-state index in [1.165, 1.54) is 38.3 Å². The van der Waals surface area contributed by atoms with Gasteiger partial charge in [0.25, 0.3) is 11.8 Å². The van der Waals surface area contributed by atoms with Crippen LogP contribution in [-0.2, 0) is 92.5 Å². The number of methoxy groups -OCH3 is 2. The lowest BCUT2D eigenvalue weighted by Crippen LogP contribution is -2.55. The minimum atomic E-state index is -1.98. The van der Waals surface area contributed by atoms with Gasteiger partial charge in [-0.05, 0) is 85.5 Å². The molecule has 2 aromatic rings. The average molecular weight is 1750 g/mol. The Labute approximate surface area is 728 Å². The molecule has 2 aliphatic heterocycles. The van der Waals surface area contributed by atoms with Crippen LogP contribution in [0.15, 0.2) is 66.7 Å². The first-order valence-corrected chi connectivity index (χ1v) is 43.0. The van der Waals surface area contributed by atoms with Gasteiger partial charge in [0, 0.05) is 116 Å². The summed E-state index contributed by atoms with van der Waals surface area (Å²) in [5, 5.41) is 74.1. The van der Waals surface area contributed by atoms with Crippen LogP contribution in [0.1, 0.15) is 164 Å². The highest BCUT2D eigenvalue weighted by Gasteiger charge is 2.47. The SMILES string of the molecule is CC[C@H](C)[C@@H]([C@@H](CC(=O)N1CC[C@@H](C)C1[C@H](OC)[C@@H](C)C(=O)N[C@H](C)[C@@H](O)c1ccccc1)OC)N(C)C(=O)[C@@H](CC(=O)[C@H](C(C)C)N(C)C(=O)OCc1ccc(NC(=O)[C@H](CCCNC(N)=O)CC(=O)[C@@H](NC(=O)[C@@H](CCC(=O)NC[C@H](O)[C@@H](O)[C@H](O)[C@H](O)CO)CC(=O)CCOCCOCCOCCOCCN2C(=O)C=CC2=O)C(C)C)cc1)C(C)C. The van der Waals surface area contributed by atoms with Crippen LogP contribution in [0.5, 0.6) is 0 Å². The topological polar surface area (TPSA) is 507 Å². The number of nitrogens with zero attached hydrogens (tertiary/aromatic N) is 4. The number of nitrogens with two attached hydrogens (primary N) is 1. The molecule has 4 rings (SSSR count). The molecule has 1 unspecified atom stereocenters. The molecule has 18 atom stereocenters. The highest BCUT2D eigenvalue weighted by molar-refractivity contribution is 6.13. The molecule has 0 bridgehead atoms. The number of ether oxygens (including phenoxy) is 7. The van der Waals surface area contributed by atoms with Crippen molar-refractivity contribution >= 4 is 82.4 Å². The minimum absolute atomic E-state index is 0.0397. The number of likely N-dealkylation sites (N-methyl/N-ethyl adjacent to an activating group) is 2. The van der Waals surface area contributed by atoms with Gasteiger partial charge in [-0.1, -0.05) is 118 Å². The third kappa shape index (κ3) is 34.9. The Bertz CT molecular complexity index is 3710. The maximum Gasteiger partial charge on any atom is 0.410 e. The number of imide groups is 1. The van der Waals surface area contributed by atoms with Crippen LogP contribution in [0.3, 0.4) is 0 Å². The summed E-state index contributed by atoms with van der Waals surface area (Å²) in [6.45, 7) is 19.9. The molecular formula is C88H140N10O26. The molecule has 2 aliphatic rings. The average Bonchev–Trinajstić information content (AvgIpc) is 1.40. The third-order valence-electron chi connectivity index (χ3n) is 23.0. The number of carbonyl (C=O) groups is 13. The number of likely N-dealkylation sites (tertiary alicyclic amines) is 1. The summed E-state index contributed by atoms with van der Waals surface area (Å²) in [7, 11) is 6.11. The van der Waals surface area contributed by atoms with Crippen molar-refractivity contribution in [1.29, 1.82) is 0 Å². The van der Waals surface area contributed by atoms with E-state index < -0.39 is 194 Å². The maximum atomic E-state index is 15.0. The van der Waals surface area contributed by atoms with Gasteiger partial charge in [-0.2, -0.15) is 0 Å². The number of urea groups is 1. The van der Waals surface area contributed by atoms with Gasteiger partial charge in [0.2, 0.25) is 35.4 Å². The minimum Gasteiger partial charge on any atom is -0.445 e. The largest absolute Gasteiger partial charge is 0.445 e. The molecular weight excluding hydrogens is 1610 g/mol. The zero-order valence-corrected chi connectivity index (χ0v) is 74.9. The van der Waals surface area contributed by atoms with Crippen LogP contribution in [-0.4, -0.2) is 308 Å². The lowest BCUT2D eigenvalue weighted by atomic mass is 9.83. The van der Waals surface area contributed by atoms with Gasteiger partial charge in [0.15, 0.2) is 11.6 Å². The van der Waals surface area contributed by atoms with E-state index in [1.54, 1.807) is 94.8 Å². The molecule has 698 valence electrons. The Kier molecular flexibility index (Phi) is 48.2. The molecule has 1 saturated heterocycles. The number of amides is 11. The van der Waals surface area contributed by atoms with Gasteiger partial charge < -0.3 is 111 Å². The number of nitrogens with one attached hydrogen (secondary N) is 5. The van der Waals surface area contributed by atoms with Crippen molar-refractivity contribution in [3.63, 3.8) is 0 Å². The summed E-state index contributed by atoms with van der Waals surface area (Å²) in [6, 6.07) is 10.4. The van der Waals surface area contributed by atoms with E-state index in [-0.39, 0.29) is 158 Å². The summed E-state index contributed by atoms with van der Waals surface area (Å²) in [6.07, 6.45) is -9.05. The molecule has 36 heteroatoms. The zero-order valence-electron chi connectivity index (χ0n) is 74.9. The van der Waals surface area contributed by atoms with Crippen molar-refractivity contribution in [3.8, 4) is 0 Å². The standard InChI is InChI=1S/C88H140N10O26/c1-16-55(8)77(70(118-14)48-74(108)98-35-32-56(9)78(98)82(119-15)57(10)83(112)92-58(11)79(109)60-21-18-17-19-22-60)95(12)86(115)65(52(2)3)47-67(102)76(54(6)7)96(13)88(117)124-51-59-24-27-63(28-25-59)93-84(113)61(23-20-34-90-87(89)116)46-66(101)75(53(4)5)94-85(114)62(26-29-71(105)91-49-68(103)80(110)81(111)69(104)50-99)45-64(100)33-37-120-39-41-122-43-44-123-42-40-121-38-36-97-72(106)30-31-73(97)107/h17-19,21-22,24-25,27-28,30-31,52-58,61-62,65,68-70,75-82,99,103-104,109-111H,16,20,23,26,29,32-51H2,1-15H3,(H,91,105)(H,92,112)(H,93,113)(H,94,114)(H3,89,90,116)/t55-,56+,57+,58+,61+,62-,65-,68-,69+,70+,75-,76-,77-,78?,79+,80+,81+,82+/m0/s1. The Morgan fingerprint density at radius 1 is 0.629 bits per heavy atom. The molecule has 124 heavy (non-hydrogen) atoms. The van der Waals surface area contributed by atoms with E-state index in [9.17, 15) is 88.2 Å². The zero-order chi connectivity index (χ0) is 92.6. The first-order chi connectivity index (χ1) is 58.7. The number of primary amides is 1. The Balaban J connectivity index is 1.40. The highest BCUT2D eigenvalue weighted by atomic mass is 16.6. The molecule has 2 aromatic carbocycles. The molecule has 0 aromatic heterocycles. The molecule has 0 aliphatic carbocycles. The first-order valence-electron chi connectivity index (χ1n) is 43.0. The number of hydrogen-bond acceptors (Lipinski definition) is 26. The molecule has 0 radical (unpaired) electrons. The van der Waals surface area contributed by atoms with Gasteiger partial charge in [0.05, 0.1) is 133 Å². The van der Waals surface area contributed by atoms with Crippen molar-refractivity contribution < 1.29 is 126 Å². The second-order valence-electron chi connectivity index (χ2n) is 33.3. The number of Topliss-reactive ketones (excluding diaryl/α,β-unsaturated/α-hetero) is 3. The first kappa shape index (κ1) is 108. The van der Waals surface area contributed by atoms with Crippen molar-refractivity contribution in [3.05, 3.63) is 77.9 Å². The quantitative estimate of drug-likeness (QED) is 0.0334. The van der Waals surface area contributed by atoms with Crippen molar-refractivity contribution in [2.45, 2.75) is 226 Å². The van der Waals surface area contributed by atoms with Crippen LogP contribution in [0.2, 0.25) is 0 Å². The molecule has 13 N–H and O–H groups in total. The number of ketones is 3. The Morgan fingerprint density at radius 3 is 1.77 bits per heavy atom. The summed E-state index contributed by atoms with van der Waals surface area (Å²) in [5.41, 5.74) is 6.74. The van der Waals surface area contributed by atoms with Crippen LogP contribution in [0.4, 0.5) is 15.3 Å². The van der Waals surface area contributed by atoms with Crippen LogP contribution >= 0.6 is 0 Å². The van der Waals surface area contributed by atoms with E-state index in [4.69, 9.17) is 38.9 Å². The van der Waals surface area contributed by atoms with E-state index in [2.05, 4.69) is 26.6 Å². The second-order valence-corrected chi connectivity index (χ2v) is 33.3. The van der Waals surface area contributed by atoms with Gasteiger partial charge in [-0.3, -0.25) is 57.6 Å². The van der Waals surface area contributed by atoms with Crippen LogP contribution in [0, 0.1) is 53.3 Å². The number of rotatable bonds is 61. The van der Waals surface area contributed by atoms with E-state index >= 15 is 4.79 Å². The van der Waals surface area contributed by atoms with Gasteiger partial charge >= 0.3 is 12.1 Å².